The predicted molar refractivity (Wildman–Crippen MR) is 143 cm³/mol. The lowest BCUT2D eigenvalue weighted by Gasteiger charge is -2.54. The zero-order chi connectivity index (χ0) is 25.2. The third-order valence-electron chi connectivity index (χ3n) is 9.87. The van der Waals surface area contributed by atoms with Gasteiger partial charge in [-0.1, -0.05) is 70.1 Å². The van der Waals surface area contributed by atoms with Gasteiger partial charge in [0.15, 0.2) is 0 Å². The highest BCUT2D eigenvalue weighted by atomic mass is 16.3. The van der Waals surface area contributed by atoms with Crippen molar-refractivity contribution in [1.82, 2.24) is 9.80 Å². The molecule has 2 saturated heterocycles. The molecule has 1 N–H and O–H groups in total. The van der Waals surface area contributed by atoms with E-state index in [0.717, 1.165) is 44.3 Å². The average molecular weight is 496 g/mol. The Hall–Kier alpha value is -2.08. The van der Waals surface area contributed by atoms with Crippen molar-refractivity contribution >= 4 is 17.5 Å². The summed E-state index contributed by atoms with van der Waals surface area (Å²) in [5.74, 6) is 1.12. The zero-order valence-corrected chi connectivity index (χ0v) is 22.2. The second-order valence-corrected chi connectivity index (χ2v) is 12.2. The molecule has 0 aromatic heterocycles. The molecular weight excluding hydrogens is 450 g/mol. The Morgan fingerprint density at radius 2 is 1.72 bits per heavy atom. The van der Waals surface area contributed by atoms with Gasteiger partial charge in [-0.15, -0.1) is 0 Å². The molecule has 2 atom stereocenters. The van der Waals surface area contributed by atoms with E-state index in [1.807, 2.05) is 35.2 Å². The van der Waals surface area contributed by atoms with Crippen molar-refractivity contribution in [2.75, 3.05) is 44.2 Å². The molecule has 2 heterocycles. The number of nitrogens with zero attached hydrogens (tertiary/aromatic N) is 3. The van der Waals surface area contributed by atoms with Crippen molar-refractivity contribution in [2.24, 2.45) is 17.3 Å². The smallest absolute Gasteiger partial charge is 0.242 e. The van der Waals surface area contributed by atoms with Crippen LogP contribution in [-0.4, -0.2) is 71.6 Å². The Balaban J connectivity index is 1.23. The third-order valence-corrected chi connectivity index (χ3v) is 9.87. The van der Waals surface area contributed by atoms with E-state index in [4.69, 9.17) is 0 Å². The van der Waals surface area contributed by atoms with Crippen LogP contribution in [0.5, 0.6) is 0 Å². The van der Waals surface area contributed by atoms with Crippen LogP contribution in [0.4, 0.5) is 5.69 Å². The van der Waals surface area contributed by atoms with E-state index in [1.54, 1.807) is 0 Å². The topological polar surface area (TPSA) is 64.1 Å². The lowest BCUT2D eigenvalue weighted by Crippen LogP contribution is -2.66. The number of likely N-dealkylation sites (tertiary alicyclic amines) is 1. The summed E-state index contributed by atoms with van der Waals surface area (Å²) in [6.07, 6.45) is 12.2. The van der Waals surface area contributed by atoms with E-state index in [2.05, 4.69) is 16.7 Å². The molecule has 2 saturated carbocycles. The highest BCUT2D eigenvalue weighted by Crippen LogP contribution is 2.51. The number of piperidine rings is 1. The third kappa shape index (κ3) is 5.16. The summed E-state index contributed by atoms with van der Waals surface area (Å²) >= 11 is 0. The van der Waals surface area contributed by atoms with Gasteiger partial charge >= 0.3 is 0 Å². The van der Waals surface area contributed by atoms with Gasteiger partial charge in [0.05, 0.1) is 18.7 Å². The Morgan fingerprint density at radius 1 is 1.00 bits per heavy atom. The molecule has 1 aromatic rings. The van der Waals surface area contributed by atoms with Crippen LogP contribution in [0.15, 0.2) is 30.3 Å². The van der Waals surface area contributed by atoms with Crippen LogP contribution in [0.1, 0.15) is 77.6 Å². The monoisotopic (exact) mass is 495 g/mol. The molecule has 2 amide bonds. The van der Waals surface area contributed by atoms with E-state index in [0.29, 0.717) is 45.1 Å². The fraction of sp³-hybridized carbons (Fsp3) is 0.733. The highest BCUT2D eigenvalue weighted by Gasteiger charge is 2.56. The molecule has 4 fully saturated rings. The van der Waals surface area contributed by atoms with E-state index in [-0.39, 0.29) is 23.1 Å². The minimum Gasteiger partial charge on any atom is -0.387 e. The van der Waals surface area contributed by atoms with Crippen LogP contribution in [0.3, 0.4) is 0 Å². The number of carbonyl (C=O) groups is 2. The summed E-state index contributed by atoms with van der Waals surface area (Å²) in [6.45, 7) is 5.53. The standard InChI is InChI=1S/C30H45N3O3/c1-24(20-25-10-4-2-5-11-25)28(35)33-17-16-30(36,29(22-33)14-8-9-15-29)23-32-19-18-31(21-27(32)34)26-12-6-3-7-13-26/h3,6-7,12-13,24-25,36H,2,4-5,8-11,14-23H2,1H3/t24-,30?/m1/s1. The molecule has 1 unspecified atom stereocenters. The predicted octanol–water partition coefficient (Wildman–Crippen LogP) is 4.47. The first-order valence-corrected chi connectivity index (χ1v) is 14.5. The van der Waals surface area contributed by atoms with Gasteiger partial charge in [-0.3, -0.25) is 9.59 Å². The number of β-amino-alcohol motifs (C(OH)–C–C–N with tert-alkyl or cyclic N) is 1. The Bertz CT molecular complexity index is 909. The van der Waals surface area contributed by atoms with Gasteiger partial charge in [0, 0.05) is 43.2 Å². The summed E-state index contributed by atoms with van der Waals surface area (Å²) in [6, 6.07) is 10.1. The fourth-order valence-electron chi connectivity index (χ4n) is 7.67. The van der Waals surface area contributed by atoms with Gasteiger partial charge in [0.2, 0.25) is 11.8 Å². The van der Waals surface area contributed by atoms with Crippen molar-refractivity contribution in [3.63, 3.8) is 0 Å². The molecule has 6 nitrogen and oxygen atoms in total. The van der Waals surface area contributed by atoms with Crippen molar-refractivity contribution in [1.29, 1.82) is 0 Å². The molecule has 6 heteroatoms. The maximum Gasteiger partial charge on any atom is 0.242 e. The van der Waals surface area contributed by atoms with Gasteiger partial charge in [-0.25, -0.2) is 0 Å². The van der Waals surface area contributed by atoms with Gasteiger partial charge in [0.25, 0.3) is 0 Å². The van der Waals surface area contributed by atoms with Crippen LogP contribution in [0.2, 0.25) is 0 Å². The summed E-state index contributed by atoms with van der Waals surface area (Å²) < 4.78 is 0. The van der Waals surface area contributed by atoms with Crippen LogP contribution < -0.4 is 4.90 Å². The maximum atomic E-state index is 13.5. The van der Waals surface area contributed by atoms with Crippen LogP contribution in [0, 0.1) is 17.3 Å². The number of hydrogen-bond acceptors (Lipinski definition) is 4. The molecule has 2 aliphatic heterocycles. The number of rotatable bonds is 6. The second kappa shape index (κ2) is 10.7. The van der Waals surface area contributed by atoms with Crippen molar-refractivity contribution in [2.45, 2.75) is 83.2 Å². The summed E-state index contributed by atoms with van der Waals surface area (Å²) in [5.41, 5.74) is -0.134. The lowest BCUT2D eigenvalue weighted by molar-refractivity contribution is -0.169. The fourth-order valence-corrected chi connectivity index (χ4v) is 7.67. The van der Waals surface area contributed by atoms with Crippen LogP contribution in [0.25, 0.3) is 0 Å². The van der Waals surface area contributed by atoms with E-state index in [1.165, 1.54) is 32.1 Å². The van der Waals surface area contributed by atoms with Crippen molar-refractivity contribution < 1.29 is 14.7 Å². The minimum absolute atomic E-state index is 0.0605. The summed E-state index contributed by atoms with van der Waals surface area (Å²) in [4.78, 5) is 32.8. The lowest BCUT2D eigenvalue weighted by atomic mass is 9.65. The first-order chi connectivity index (χ1) is 17.4. The maximum absolute atomic E-state index is 13.5. The van der Waals surface area contributed by atoms with Gasteiger partial charge in [0.1, 0.15) is 0 Å². The molecule has 2 aliphatic carbocycles. The van der Waals surface area contributed by atoms with E-state index < -0.39 is 5.60 Å². The molecule has 198 valence electrons. The highest BCUT2D eigenvalue weighted by molar-refractivity contribution is 5.83. The molecule has 5 rings (SSSR count). The summed E-state index contributed by atoms with van der Waals surface area (Å²) in [5, 5.41) is 12.1. The first kappa shape index (κ1) is 25.6. The van der Waals surface area contributed by atoms with Gasteiger partial charge < -0.3 is 19.8 Å². The number of piperazine rings is 1. The molecule has 4 aliphatic rings. The molecular formula is C30H45N3O3. The number of hydrogen-bond donors (Lipinski definition) is 1. The Labute approximate surface area is 217 Å². The van der Waals surface area contributed by atoms with Crippen molar-refractivity contribution in [3.8, 4) is 0 Å². The zero-order valence-electron chi connectivity index (χ0n) is 22.2. The number of aliphatic hydroxyl groups is 1. The largest absolute Gasteiger partial charge is 0.387 e. The van der Waals surface area contributed by atoms with E-state index >= 15 is 0 Å². The first-order valence-electron chi connectivity index (χ1n) is 14.5. The minimum atomic E-state index is -0.919. The number of benzene rings is 1. The number of amides is 2. The normalized spacial score (nSPS) is 28.1. The molecule has 1 spiro atoms. The number of anilines is 1. The van der Waals surface area contributed by atoms with Crippen molar-refractivity contribution in [3.05, 3.63) is 30.3 Å². The average Bonchev–Trinajstić information content (AvgIpc) is 3.38. The second-order valence-electron chi connectivity index (χ2n) is 12.2. The molecule has 0 radical (unpaired) electrons. The van der Waals surface area contributed by atoms with Crippen LogP contribution in [-0.2, 0) is 9.59 Å². The molecule has 36 heavy (non-hydrogen) atoms. The Morgan fingerprint density at radius 3 is 2.42 bits per heavy atom. The summed E-state index contributed by atoms with van der Waals surface area (Å²) in [7, 11) is 0. The Kier molecular flexibility index (Phi) is 7.62. The quantitative estimate of drug-likeness (QED) is 0.633. The molecule has 0 bridgehead atoms. The number of carbonyl (C=O) groups excluding carboxylic acids is 2. The number of para-hydroxylation sites is 1. The van der Waals surface area contributed by atoms with Gasteiger partial charge in [-0.2, -0.15) is 0 Å². The molecule has 1 aromatic carbocycles. The SMILES string of the molecule is C[C@H](CC1CCCCC1)C(=O)N1CCC(O)(CN2CCN(c3ccccc3)CC2=O)C2(CCCC2)C1. The van der Waals surface area contributed by atoms with Gasteiger partial charge in [-0.05, 0) is 43.7 Å². The van der Waals surface area contributed by atoms with E-state index in [9.17, 15) is 14.7 Å². The van der Waals surface area contributed by atoms with Crippen LogP contribution >= 0.6 is 0 Å².